The summed E-state index contributed by atoms with van der Waals surface area (Å²) in [5.74, 6) is 1.88. The Morgan fingerprint density at radius 1 is 1.00 bits per heavy atom. The first-order chi connectivity index (χ1) is 11.1. The fourth-order valence-corrected chi connectivity index (χ4v) is 2.62. The molecular formula is C17H18BrNO4. The summed E-state index contributed by atoms with van der Waals surface area (Å²) in [5, 5.41) is 2.87. The van der Waals surface area contributed by atoms with Crippen molar-refractivity contribution in [3.8, 4) is 17.2 Å². The molecule has 0 aromatic heterocycles. The molecule has 0 heterocycles. The van der Waals surface area contributed by atoms with Crippen LogP contribution in [0.3, 0.4) is 0 Å². The first kappa shape index (κ1) is 17.1. The van der Waals surface area contributed by atoms with Crippen molar-refractivity contribution in [1.29, 1.82) is 0 Å². The zero-order chi connectivity index (χ0) is 16.8. The third kappa shape index (κ3) is 4.16. The fraction of sp³-hybridized carbons (Fsp3) is 0.235. The molecule has 1 amide bonds. The summed E-state index contributed by atoms with van der Waals surface area (Å²) in [6.45, 7) is 0.357. The van der Waals surface area contributed by atoms with Crippen LogP contribution in [0.2, 0.25) is 0 Å². The average Bonchev–Trinajstić information content (AvgIpc) is 2.59. The molecule has 0 aliphatic rings. The quantitative estimate of drug-likeness (QED) is 0.835. The van der Waals surface area contributed by atoms with Crippen LogP contribution in [-0.2, 0) is 6.54 Å². The smallest absolute Gasteiger partial charge is 0.251 e. The topological polar surface area (TPSA) is 56.8 Å². The number of ether oxygens (including phenoxy) is 3. The number of hydrogen-bond donors (Lipinski definition) is 1. The summed E-state index contributed by atoms with van der Waals surface area (Å²) < 4.78 is 16.4. The highest BCUT2D eigenvalue weighted by Crippen LogP contribution is 2.26. The third-order valence-corrected chi connectivity index (χ3v) is 3.97. The Hall–Kier alpha value is -2.21. The van der Waals surface area contributed by atoms with Crippen LogP contribution in [0.5, 0.6) is 17.2 Å². The lowest BCUT2D eigenvalue weighted by atomic mass is 10.1. The number of carbonyl (C=O) groups excluding carboxylic acids is 1. The van der Waals surface area contributed by atoms with Gasteiger partial charge in [-0.25, -0.2) is 0 Å². The van der Waals surface area contributed by atoms with Gasteiger partial charge in [0.2, 0.25) is 0 Å². The van der Waals surface area contributed by atoms with Crippen molar-refractivity contribution in [3.05, 3.63) is 52.0 Å². The first-order valence-electron chi connectivity index (χ1n) is 6.91. The molecule has 6 heteroatoms. The SMILES string of the molecule is COc1ccc(CNC(=O)c2ccc(OC)c(Br)c2)c(OC)c1. The number of halogens is 1. The number of amides is 1. The second-order valence-electron chi connectivity index (χ2n) is 4.71. The van der Waals surface area contributed by atoms with Crippen molar-refractivity contribution in [2.75, 3.05) is 21.3 Å². The Kier molecular flexibility index (Phi) is 5.87. The van der Waals surface area contributed by atoms with E-state index in [0.717, 1.165) is 10.0 Å². The van der Waals surface area contributed by atoms with Crippen LogP contribution in [0.4, 0.5) is 0 Å². The van der Waals surface area contributed by atoms with E-state index in [0.29, 0.717) is 29.4 Å². The van der Waals surface area contributed by atoms with Crippen LogP contribution in [-0.4, -0.2) is 27.2 Å². The maximum Gasteiger partial charge on any atom is 0.251 e. The summed E-state index contributed by atoms with van der Waals surface area (Å²) in [5.41, 5.74) is 1.42. The standard InChI is InChI=1S/C17H18BrNO4/c1-21-13-6-4-12(16(9-13)23-3)10-19-17(20)11-5-7-15(22-2)14(18)8-11/h4-9H,10H2,1-3H3,(H,19,20). The van der Waals surface area contributed by atoms with Crippen LogP contribution in [0, 0.1) is 0 Å². The van der Waals surface area contributed by atoms with Gasteiger partial charge in [-0.2, -0.15) is 0 Å². The van der Waals surface area contributed by atoms with Crippen molar-refractivity contribution in [3.63, 3.8) is 0 Å². The van der Waals surface area contributed by atoms with Gasteiger partial charge in [0.15, 0.2) is 0 Å². The highest BCUT2D eigenvalue weighted by Gasteiger charge is 2.11. The van der Waals surface area contributed by atoms with Crippen LogP contribution >= 0.6 is 15.9 Å². The largest absolute Gasteiger partial charge is 0.497 e. The van der Waals surface area contributed by atoms with E-state index in [1.165, 1.54) is 0 Å². The van der Waals surface area contributed by atoms with Crippen LogP contribution < -0.4 is 19.5 Å². The van der Waals surface area contributed by atoms with E-state index in [1.807, 2.05) is 12.1 Å². The number of carbonyl (C=O) groups is 1. The summed E-state index contributed by atoms with van der Waals surface area (Å²) in [6, 6.07) is 10.7. The molecule has 122 valence electrons. The second kappa shape index (κ2) is 7.87. The molecule has 0 fully saturated rings. The van der Waals surface area contributed by atoms with Gasteiger partial charge in [-0.1, -0.05) is 0 Å². The molecule has 0 aliphatic heterocycles. The van der Waals surface area contributed by atoms with E-state index in [1.54, 1.807) is 45.6 Å². The van der Waals surface area contributed by atoms with Crippen LogP contribution in [0.25, 0.3) is 0 Å². The van der Waals surface area contributed by atoms with Gasteiger partial charge in [-0.05, 0) is 46.3 Å². The van der Waals surface area contributed by atoms with E-state index in [2.05, 4.69) is 21.2 Å². The number of rotatable bonds is 6. The Balaban J connectivity index is 2.08. The maximum absolute atomic E-state index is 12.3. The molecule has 0 radical (unpaired) electrons. The lowest BCUT2D eigenvalue weighted by Gasteiger charge is -2.12. The summed E-state index contributed by atoms with van der Waals surface area (Å²) >= 11 is 3.37. The monoisotopic (exact) mass is 379 g/mol. The zero-order valence-corrected chi connectivity index (χ0v) is 14.8. The third-order valence-electron chi connectivity index (χ3n) is 3.35. The van der Waals surface area contributed by atoms with Gasteiger partial charge < -0.3 is 19.5 Å². The van der Waals surface area contributed by atoms with Crippen LogP contribution in [0.15, 0.2) is 40.9 Å². The Morgan fingerprint density at radius 2 is 1.74 bits per heavy atom. The summed E-state index contributed by atoms with van der Waals surface area (Å²) in [4.78, 5) is 12.3. The molecule has 23 heavy (non-hydrogen) atoms. The highest BCUT2D eigenvalue weighted by atomic mass is 79.9. The molecular weight excluding hydrogens is 362 g/mol. The fourth-order valence-electron chi connectivity index (χ4n) is 2.08. The lowest BCUT2D eigenvalue weighted by molar-refractivity contribution is 0.0950. The minimum Gasteiger partial charge on any atom is -0.497 e. The van der Waals surface area contributed by atoms with Crippen LogP contribution in [0.1, 0.15) is 15.9 Å². The van der Waals surface area contributed by atoms with Crippen molar-refractivity contribution in [2.24, 2.45) is 0 Å². The van der Waals surface area contributed by atoms with E-state index in [4.69, 9.17) is 14.2 Å². The van der Waals surface area contributed by atoms with E-state index in [9.17, 15) is 4.79 Å². The molecule has 5 nitrogen and oxygen atoms in total. The Bertz CT molecular complexity index is 703. The van der Waals surface area contributed by atoms with Gasteiger partial charge >= 0.3 is 0 Å². The van der Waals surface area contributed by atoms with Crippen molar-refractivity contribution >= 4 is 21.8 Å². The van der Waals surface area contributed by atoms with E-state index >= 15 is 0 Å². The van der Waals surface area contributed by atoms with Gasteiger partial charge in [0, 0.05) is 23.7 Å². The molecule has 2 rings (SSSR count). The Labute approximate surface area is 143 Å². The number of nitrogens with one attached hydrogen (secondary N) is 1. The van der Waals surface area contributed by atoms with Gasteiger partial charge in [-0.15, -0.1) is 0 Å². The lowest BCUT2D eigenvalue weighted by Crippen LogP contribution is -2.23. The molecule has 0 unspecified atom stereocenters. The molecule has 0 aliphatic carbocycles. The molecule has 0 saturated carbocycles. The minimum absolute atomic E-state index is 0.175. The highest BCUT2D eigenvalue weighted by molar-refractivity contribution is 9.10. The molecule has 2 aromatic carbocycles. The molecule has 1 N–H and O–H groups in total. The molecule has 0 spiro atoms. The number of methoxy groups -OCH3 is 3. The summed E-state index contributed by atoms with van der Waals surface area (Å²) in [6.07, 6.45) is 0. The predicted octanol–water partition coefficient (Wildman–Crippen LogP) is 3.40. The molecule has 0 saturated heterocycles. The minimum atomic E-state index is -0.175. The normalized spacial score (nSPS) is 10.1. The van der Waals surface area contributed by atoms with Gasteiger partial charge in [0.25, 0.3) is 5.91 Å². The molecule has 2 aromatic rings. The van der Waals surface area contributed by atoms with Crippen molar-refractivity contribution in [1.82, 2.24) is 5.32 Å². The Morgan fingerprint density at radius 3 is 2.35 bits per heavy atom. The van der Waals surface area contributed by atoms with Crippen molar-refractivity contribution < 1.29 is 19.0 Å². The van der Waals surface area contributed by atoms with E-state index in [-0.39, 0.29) is 5.91 Å². The van der Waals surface area contributed by atoms with E-state index < -0.39 is 0 Å². The molecule has 0 bridgehead atoms. The average molecular weight is 380 g/mol. The van der Waals surface area contributed by atoms with Gasteiger partial charge in [0.05, 0.1) is 25.8 Å². The van der Waals surface area contributed by atoms with Gasteiger partial charge in [0.1, 0.15) is 17.2 Å². The number of benzene rings is 2. The predicted molar refractivity (Wildman–Crippen MR) is 91.4 cm³/mol. The van der Waals surface area contributed by atoms with Crippen molar-refractivity contribution in [2.45, 2.75) is 6.54 Å². The number of hydrogen-bond acceptors (Lipinski definition) is 4. The second-order valence-corrected chi connectivity index (χ2v) is 5.56. The molecule has 0 atom stereocenters. The first-order valence-corrected chi connectivity index (χ1v) is 7.71. The zero-order valence-electron chi connectivity index (χ0n) is 13.2. The maximum atomic E-state index is 12.3. The van der Waals surface area contributed by atoms with Gasteiger partial charge in [-0.3, -0.25) is 4.79 Å². The summed E-state index contributed by atoms with van der Waals surface area (Å²) in [7, 11) is 4.76.